The maximum absolute atomic E-state index is 12.8. The average molecular weight is 612 g/mol. The molecular weight excluding hydrogens is 580 g/mol. The van der Waals surface area contributed by atoms with Crippen LogP contribution in [0.1, 0.15) is 11.1 Å². The zero-order valence-electron chi connectivity index (χ0n) is 24.4. The molecular formula is C32H31N6O5S-. The van der Waals surface area contributed by atoms with Gasteiger partial charge in [0.05, 0.1) is 48.8 Å². The second-order valence-corrected chi connectivity index (χ2v) is 10.6. The summed E-state index contributed by atoms with van der Waals surface area (Å²) >= 11 is -2.81. The summed E-state index contributed by atoms with van der Waals surface area (Å²) in [5.41, 5.74) is 4.50. The molecule has 44 heavy (non-hydrogen) atoms. The molecule has 5 aromatic rings. The van der Waals surface area contributed by atoms with Crippen molar-refractivity contribution in [3.05, 3.63) is 102 Å². The number of carbonyl (C=O) groups is 1. The molecule has 5 rings (SSSR count). The third kappa shape index (κ3) is 7.29. The maximum atomic E-state index is 12.8. The highest BCUT2D eigenvalue weighted by Crippen LogP contribution is 2.36. The van der Waals surface area contributed by atoms with Gasteiger partial charge < -0.3 is 30.0 Å². The molecule has 0 aliphatic heterocycles. The van der Waals surface area contributed by atoms with Gasteiger partial charge in [-0.05, 0) is 48.4 Å². The fourth-order valence-electron chi connectivity index (χ4n) is 4.55. The van der Waals surface area contributed by atoms with Crippen LogP contribution >= 0.6 is 0 Å². The standard InChI is InChI=1S/C32H32N6O5S/c1-21-9-4-5-10-22(21)19-33-20-30(39)34-23-11-8-12-25(15-23)38(44(40)41)32-31(36-28-13-6-7-14-29(28)37-32)35-24-16-26(42-2)18-27(17-24)43-3/h4-18,33H,19-20H2,1-3H3,(H,34,39)(H,35,36)(H,40,41)/p-1. The van der Waals surface area contributed by atoms with Gasteiger partial charge in [0, 0.05) is 36.1 Å². The van der Waals surface area contributed by atoms with Crippen molar-refractivity contribution in [2.75, 3.05) is 35.7 Å². The number of benzene rings is 4. The van der Waals surface area contributed by atoms with Crippen LogP contribution in [-0.4, -0.2) is 45.4 Å². The summed E-state index contributed by atoms with van der Waals surface area (Å²) in [5, 5.41) is 9.15. The number of hydrogen-bond donors (Lipinski definition) is 3. The molecule has 1 aromatic heterocycles. The van der Waals surface area contributed by atoms with Crippen molar-refractivity contribution in [1.29, 1.82) is 0 Å². The predicted molar refractivity (Wildman–Crippen MR) is 171 cm³/mol. The quantitative estimate of drug-likeness (QED) is 0.159. The largest absolute Gasteiger partial charge is 0.755 e. The second-order valence-electron chi connectivity index (χ2n) is 9.75. The molecule has 12 heteroatoms. The molecule has 0 bridgehead atoms. The van der Waals surface area contributed by atoms with Crippen molar-refractivity contribution in [3.8, 4) is 11.5 Å². The number of hydrogen-bond acceptors (Lipinski definition) is 9. The van der Waals surface area contributed by atoms with Gasteiger partial charge in [-0.3, -0.25) is 13.3 Å². The highest BCUT2D eigenvalue weighted by molar-refractivity contribution is 7.81. The first kappa shape index (κ1) is 30.4. The number of rotatable bonds is 12. The lowest BCUT2D eigenvalue weighted by molar-refractivity contribution is -0.115. The third-order valence-electron chi connectivity index (χ3n) is 6.73. The van der Waals surface area contributed by atoms with Crippen LogP contribution in [0.3, 0.4) is 0 Å². The fourth-order valence-corrected chi connectivity index (χ4v) is 5.10. The van der Waals surface area contributed by atoms with E-state index >= 15 is 0 Å². The Bertz CT molecular complexity index is 1800. The molecule has 226 valence electrons. The van der Waals surface area contributed by atoms with Crippen LogP contribution < -0.4 is 29.7 Å². The Morgan fingerprint density at radius 1 is 0.864 bits per heavy atom. The number of aromatic nitrogens is 2. The topological polar surface area (TPSA) is 141 Å². The first-order chi connectivity index (χ1) is 21.3. The normalized spacial score (nSPS) is 11.5. The summed E-state index contributed by atoms with van der Waals surface area (Å²) in [6, 6.07) is 26.8. The molecule has 0 saturated carbocycles. The first-order valence-electron chi connectivity index (χ1n) is 13.7. The lowest BCUT2D eigenvalue weighted by Gasteiger charge is -2.27. The molecule has 1 unspecified atom stereocenters. The second kappa shape index (κ2) is 14.0. The zero-order valence-corrected chi connectivity index (χ0v) is 25.2. The molecule has 1 atom stereocenters. The van der Waals surface area contributed by atoms with Crippen LogP contribution in [0.5, 0.6) is 11.5 Å². The smallest absolute Gasteiger partial charge is 0.238 e. The zero-order chi connectivity index (χ0) is 31.1. The van der Waals surface area contributed by atoms with Crippen LogP contribution in [0.15, 0.2) is 91.0 Å². The molecule has 0 aliphatic rings. The Balaban J connectivity index is 1.43. The molecule has 0 fully saturated rings. The molecule has 0 spiro atoms. The molecule has 0 aliphatic carbocycles. The maximum Gasteiger partial charge on any atom is 0.238 e. The van der Waals surface area contributed by atoms with Gasteiger partial charge in [0.25, 0.3) is 0 Å². The number of amides is 1. The SMILES string of the molecule is COc1cc(Nc2nc3ccccc3nc2N(c2cccc(NC(=O)CNCc3ccccc3C)c2)S(=O)[O-])cc(OC)c1. The van der Waals surface area contributed by atoms with Gasteiger partial charge in [0.15, 0.2) is 11.6 Å². The molecule has 11 nitrogen and oxygen atoms in total. The van der Waals surface area contributed by atoms with Crippen molar-refractivity contribution in [1.82, 2.24) is 15.3 Å². The van der Waals surface area contributed by atoms with E-state index < -0.39 is 11.3 Å². The Morgan fingerprint density at radius 3 is 2.23 bits per heavy atom. The summed E-state index contributed by atoms with van der Waals surface area (Å²) in [5.74, 6) is 0.997. The van der Waals surface area contributed by atoms with E-state index in [4.69, 9.17) is 14.5 Å². The summed E-state index contributed by atoms with van der Waals surface area (Å²) in [7, 11) is 3.07. The van der Waals surface area contributed by atoms with E-state index in [1.807, 2.05) is 37.3 Å². The van der Waals surface area contributed by atoms with E-state index in [1.54, 1.807) is 60.7 Å². The van der Waals surface area contributed by atoms with Gasteiger partial charge in [-0.2, -0.15) is 0 Å². The van der Waals surface area contributed by atoms with E-state index in [0.29, 0.717) is 40.5 Å². The monoisotopic (exact) mass is 611 g/mol. The van der Waals surface area contributed by atoms with Crippen LogP contribution in [0, 0.1) is 6.92 Å². The third-order valence-corrected chi connectivity index (χ3v) is 7.42. The summed E-state index contributed by atoms with van der Waals surface area (Å²) in [6.07, 6.45) is 0. The van der Waals surface area contributed by atoms with E-state index in [2.05, 4.69) is 20.9 Å². The van der Waals surface area contributed by atoms with E-state index in [1.165, 1.54) is 14.2 Å². The minimum Gasteiger partial charge on any atom is -0.755 e. The number of para-hydroxylation sites is 2. The lowest BCUT2D eigenvalue weighted by atomic mass is 10.1. The number of ether oxygens (including phenoxy) is 2. The minimum absolute atomic E-state index is 0.0298. The van der Waals surface area contributed by atoms with Gasteiger partial charge in [-0.15, -0.1) is 0 Å². The van der Waals surface area contributed by atoms with E-state index in [-0.39, 0.29) is 29.8 Å². The van der Waals surface area contributed by atoms with Gasteiger partial charge in [0.2, 0.25) is 5.91 Å². The van der Waals surface area contributed by atoms with Gasteiger partial charge in [-0.25, -0.2) is 9.97 Å². The van der Waals surface area contributed by atoms with Crippen LogP contribution in [0.4, 0.5) is 28.7 Å². The van der Waals surface area contributed by atoms with E-state index in [0.717, 1.165) is 15.4 Å². The average Bonchev–Trinajstić information content (AvgIpc) is 3.02. The van der Waals surface area contributed by atoms with Crippen molar-refractivity contribution < 1.29 is 23.0 Å². The van der Waals surface area contributed by atoms with Crippen molar-refractivity contribution in [2.24, 2.45) is 0 Å². The molecule has 4 aromatic carbocycles. The Hall–Kier alpha value is -5.04. The molecule has 3 N–H and O–H groups in total. The number of carbonyl (C=O) groups excluding carboxylic acids is 1. The number of anilines is 5. The van der Waals surface area contributed by atoms with Crippen LogP contribution in [0.2, 0.25) is 0 Å². The van der Waals surface area contributed by atoms with Crippen LogP contribution in [-0.2, 0) is 22.6 Å². The Labute approximate surface area is 257 Å². The molecule has 1 heterocycles. The Morgan fingerprint density at radius 2 is 1.55 bits per heavy atom. The number of nitrogens with zero attached hydrogens (tertiary/aromatic N) is 3. The summed E-state index contributed by atoms with van der Waals surface area (Å²) in [4.78, 5) is 22.1. The summed E-state index contributed by atoms with van der Waals surface area (Å²) < 4.78 is 37.3. The molecule has 0 radical (unpaired) electrons. The number of nitrogens with one attached hydrogen (secondary N) is 3. The van der Waals surface area contributed by atoms with Crippen molar-refractivity contribution >= 4 is 56.9 Å². The van der Waals surface area contributed by atoms with Crippen molar-refractivity contribution in [2.45, 2.75) is 13.5 Å². The van der Waals surface area contributed by atoms with Gasteiger partial charge >= 0.3 is 0 Å². The summed E-state index contributed by atoms with van der Waals surface area (Å²) in [6.45, 7) is 2.63. The lowest BCUT2D eigenvalue weighted by Crippen LogP contribution is -2.28. The number of aryl methyl sites for hydroxylation is 1. The molecule has 1 amide bonds. The number of fused-ring (bicyclic) bond motifs is 1. The first-order valence-corrected chi connectivity index (χ1v) is 14.7. The highest BCUT2D eigenvalue weighted by Gasteiger charge is 2.21. The number of methoxy groups -OCH3 is 2. The highest BCUT2D eigenvalue weighted by atomic mass is 32.2. The van der Waals surface area contributed by atoms with Crippen LogP contribution in [0.25, 0.3) is 11.0 Å². The van der Waals surface area contributed by atoms with E-state index in [9.17, 15) is 13.6 Å². The molecule has 0 saturated heterocycles. The Kier molecular flexibility index (Phi) is 9.65. The minimum atomic E-state index is -2.81. The van der Waals surface area contributed by atoms with Gasteiger partial charge in [0.1, 0.15) is 11.5 Å². The predicted octanol–water partition coefficient (Wildman–Crippen LogP) is 5.36. The van der Waals surface area contributed by atoms with Gasteiger partial charge in [-0.1, -0.05) is 42.5 Å². The fraction of sp³-hybridized carbons (Fsp3) is 0.156. The van der Waals surface area contributed by atoms with Crippen molar-refractivity contribution in [3.63, 3.8) is 0 Å².